The minimum atomic E-state index is -1.66. The summed E-state index contributed by atoms with van der Waals surface area (Å²) in [5.74, 6) is -6.38. The summed E-state index contributed by atoms with van der Waals surface area (Å²) in [5, 5.41) is 27.5. The number of nitrogens with zero attached hydrogens (tertiary/aromatic N) is 4. The van der Waals surface area contributed by atoms with Crippen LogP contribution in [0, 0.1) is 0 Å². The third-order valence-corrected chi connectivity index (χ3v) is 13.2. The molecule has 6 atom stereocenters. The molecule has 6 rings (SSSR count). The molecule has 342 valence electrons. The highest BCUT2D eigenvalue weighted by atomic mass is 33.1. The number of unbranched alkanes of at least 4 members (excludes halogenated alkanes) is 1. The van der Waals surface area contributed by atoms with E-state index >= 15 is 0 Å². The van der Waals surface area contributed by atoms with E-state index in [9.17, 15) is 43.5 Å². The van der Waals surface area contributed by atoms with Crippen LogP contribution in [0.3, 0.4) is 0 Å². The van der Waals surface area contributed by atoms with Gasteiger partial charge in [-0.25, -0.2) is 4.57 Å². The van der Waals surface area contributed by atoms with Gasteiger partial charge in [-0.2, -0.15) is 0 Å². The number of fused-ring (bicyclic) bond motifs is 3. The average Bonchev–Trinajstić information content (AvgIpc) is 4.01. The minimum Gasteiger partial charge on any atom is -0.481 e. The van der Waals surface area contributed by atoms with E-state index in [4.69, 9.17) is 10.5 Å². The number of nitrogens with one attached hydrogen (secondary N) is 6. The number of aromatic amines is 1. The second-order valence-electron chi connectivity index (χ2n) is 15.5. The van der Waals surface area contributed by atoms with Crippen LogP contribution in [0.15, 0.2) is 61.2 Å². The highest BCUT2D eigenvalue weighted by molar-refractivity contribution is 8.76. The number of aliphatic carboxylic acids is 1. The van der Waals surface area contributed by atoms with E-state index in [1.165, 1.54) is 33.4 Å². The van der Waals surface area contributed by atoms with E-state index in [2.05, 4.69) is 36.7 Å². The van der Waals surface area contributed by atoms with Crippen LogP contribution >= 0.6 is 21.6 Å². The van der Waals surface area contributed by atoms with E-state index in [1.807, 2.05) is 53.4 Å². The number of H-pyrrole nitrogens is 1. The summed E-state index contributed by atoms with van der Waals surface area (Å²) < 4.78 is 9.94. The molecule has 2 saturated heterocycles. The van der Waals surface area contributed by atoms with Crippen LogP contribution in [0.1, 0.15) is 51.0 Å². The number of aryl methyl sites for hydroxylation is 1. The summed E-state index contributed by atoms with van der Waals surface area (Å²) in [5.41, 5.74) is 8.32. The molecule has 0 bridgehead atoms. The normalized spacial score (nSPS) is 23.7. The Morgan fingerprint density at radius 3 is 2.55 bits per heavy atom. The van der Waals surface area contributed by atoms with Crippen molar-refractivity contribution in [1.82, 2.24) is 46.1 Å². The molecule has 2 fully saturated rings. The Balaban J connectivity index is 1.15. The first-order valence-electron chi connectivity index (χ1n) is 20.8. The van der Waals surface area contributed by atoms with Gasteiger partial charge in [0.2, 0.25) is 41.4 Å². The summed E-state index contributed by atoms with van der Waals surface area (Å²) >= 11 is 0. The molecular formula is C41H52N11O10S2+. The first kappa shape index (κ1) is 47.3. The van der Waals surface area contributed by atoms with E-state index in [0.29, 0.717) is 19.4 Å². The maximum absolute atomic E-state index is 14.0. The number of hydrogen-bond acceptors (Lipinski definition) is 12. The van der Waals surface area contributed by atoms with Crippen molar-refractivity contribution in [3.05, 3.63) is 66.7 Å². The molecule has 7 amide bonds. The van der Waals surface area contributed by atoms with Crippen LogP contribution in [0.4, 0.5) is 0 Å². The van der Waals surface area contributed by atoms with E-state index < -0.39 is 96.6 Å². The van der Waals surface area contributed by atoms with Crippen molar-refractivity contribution in [1.29, 1.82) is 0 Å². The zero-order valence-electron chi connectivity index (χ0n) is 35.0. The Kier molecular flexibility index (Phi) is 16.6. The van der Waals surface area contributed by atoms with Crippen molar-refractivity contribution in [3.8, 4) is 0 Å². The highest BCUT2D eigenvalue weighted by Gasteiger charge is 2.43. The second-order valence-corrected chi connectivity index (χ2v) is 18.1. The summed E-state index contributed by atoms with van der Waals surface area (Å²) in [7, 11) is 2.45. The van der Waals surface area contributed by atoms with Gasteiger partial charge in [-0.3, -0.25) is 38.4 Å². The van der Waals surface area contributed by atoms with Gasteiger partial charge in [-0.1, -0.05) is 44.9 Å². The Hall–Kier alpha value is -6.20. The molecule has 23 heteroatoms. The lowest BCUT2D eigenvalue weighted by atomic mass is 10.1. The maximum Gasteiger partial charge on any atom is 0.307 e. The van der Waals surface area contributed by atoms with Crippen LogP contribution in [-0.4, -0.2) is 133 Å². The number of carboxylic acids is 1. The lowest BCUT2D eigenvalue weighted by Gasteiger charge is -2.28. The van der Waals surface area contributed by atoms with Crippen molar-refractivity contribution in [2.45, 2.75) is 94.9 Å². The van der Waals surface area contributed by atoms with Crippen molar-refractivity contribution in [3.63, 3.8) is 0 Å². The van der Waals surface area contributed by atoms with Crippen molar-refractivity contribution >= 4 is 85.5 Å². The summed E-state index contributed by atoms with van der Waals surface area (Å²) in [6.07, 6.45) is 7.06. The number of para-hydroxylation sites is 1. The molecule has 5 heterocycles. The number of primary amides is 1. The second kappa shape index (κ2) is 22.4. The highest BCUT2D eigenvalue weighted by Crippen LogP contribution is 2.27. The summed E-state index contributed by atoms with van der Waals surface area (Å²) in [6.45, 7) is 1.38. The lowest BCUT2D eigenvalue weighted by Crippen LogP contribution is -2.58. The third kappa shape index (κ3) is 12.7. The zero-order chi connectivity index (χ0) is 45.8. The lowest BCUT2D eigenvalue weighted by molar-refractivity contribution is -0.671. The first-order chi connectivity index (χ1) is 30.8. The average molecular weight is 923 g/mol. The van der Waals surface area contributed by atoms with Crippen molar-refractivity contribution in [2.75, 3.05) is 24.6 Å². The number of carbonyl (C=O) groups is 8. The van der Waals surface area contributed by atoms with Crippen LogP contribution in [-0.2, 0) is 56.2 Å². The molecule has 1 aromatic carbocycles. The number of hydrogen-bond donors (Lipinski definition) is 8. The maximum atomic E-state index is 14.0. The molecule has 3 aromatic heterocycles. The smallest absolute Gasteiger partial charge is 0.307 e. The van der Waals surface area contributed by atoms with Gasteiger partial charge in [0.05, 0.1) is 38.4 Å². The Morgan fingerprint density at radius 2 is 1.75 bits per heavy atom. The fourth-order valence-electron chi connectivity index (χ4n) is 7.48. The molecule has 9 N–H and O–H groups in total. The van der Waals surface area contributed by atoms with Gasteiger partial charge in [0.15, 0.2) is 6.20 Å². The van der Waals surface area contributed by atoms with E-state index in [1.54, 1.807) is 16.9 Å². The summed E-state index contributed by atoms with van der Waals surface area (Å²) in [6, 6.07) is 5.03. The van der Waals surface area contributed by atoms with Crippen LogP contribution in [0.2, 0.25) is 0 Å². The number of rotatable bonds is 11. The van der Waals surface area contributed by atoms with Crippen molar-refractivity contribution < 1.29 is 52.8 Å². The van der Waals surface area contributed by atoms with E-state index in [0.717, 1.165) is 22.1 Å². The standard InChI is InChI=1S/C41H51N11O10S2/c1-24-41(61)51-21-26(62-22-25-19-43-28-8-3-2-7-27(25)28)17-32(51)40(60)49-31(37(42)57)23-64-63-16-11-33(53)47-29(9-4-5-13-50-14-15-52-35(50)10-6-12-45-52)38(58)44-20-34(54)48-30(18-36(55)56)39(59)46-24/h2-3,6-8,10,12,14-15,19,24,26,29-32,43H,4-5,9,11,13,16-18,20-23H2,1H3,(H7-,42,44,46,47,48,49,53,54,55,56,57,58,59,60)/p+1/t24-,26?,29?,30?,31?,32?/m0/s1. The zero-order valence-corrected chi connectivity index (χ0v) is 36.7. The minimum absolute atomic E-state index is 0.0155. The monoisotopic (exact) mass is 922 g/mol. The number of carboxylic acid groups (broad SMARTS) is 1. The Morgan fingerprint density at radius 1 is 0.953 bits per heavy atom. The number of aromatic nitrogens is 4. The molecule has 0 radical (unpaired) electrons. The summed E-state index contributed by atoms with van der Waals surface area (Å²) in [4.78, 5) is 110. The van der Waals surface area contributed by atoms with Crippen LogP contribution in [0.5, 0.6) is 0 Å². The Labute approximate surface area is 375 Å². The van der Waals surface area contributed by atoms with Gasteiger partial charge < -0.3 is 52.0 Å². The topological polar surface area (TPSA) is 292 Å². The first-order valence-corrected chi connectivity index (χ1v) is 23.3. The van der Waals surface area contributed by atoms with Crippen LogP contribution in [0.25, 0.3) is 16.6 Å². The SMILES string of the molecule is C[C@@H]1NC(=O)C(CC(=O)O)NC(=O)CNC(=O)C(CCCC[n+]2ccn3ncccc32)NC(=O)CCSSCC(C(N)=O)NC(=O)C2CC(OCc3c[nH]c4ccccc34)CN2C1=O. The fraction of sp³-hybridized carbons (Fsp3) is 0.463. The Bertz CT molecular complexity index is 2360. The number of carbonyl (C=O) groups excluding carboxylic acids is 7. The van der Waals surface area contributed by atoms with Crippen molar-refractivity contribution in [2.24, 2.45) is 5.73 Å². The number of nitrogens with two attached hydrogens (primary N) is 1. The number of ether oxygens (including phenoxy) is 1. The molecule has 21 nitrogen and oxygen atoms in total. The van der Waals surface area contributed by atoms with Gasteiger partial charge in [0.1, 0.15) is 36.4 Å². The largest absolute Gasteiger partial charge is 0.481 e. The molecule has 64 heavy (non-hydrogen) atoms. The molecule has 4 aromatic rings. The molecule has 0 spiro atoms. The van der Waals surface area contributed by atoms with Gasteiger partial charge in [0.25, 0.3) is 0 Å². The van der Waals surface area contributed by atoms with Gasteiger partial charge in [-0.15, -0.1) is 4.52 Å². The van der Waals surface area contributed by atoms with Gasteiger partial charge in [0, 0.05) is 59.6 Å². The quantitative estimate of drug-likeness (QED) is 0.0525. The van der Waals surface area contributed by atoms with Gasteiger partial charge >= 0.3 is 11.6 Å². The molecular weight excluding hydrogens is 871 g/mol. The third-order valence-electron chi connectivity index (χ3n) is 10.8. The predicted molar refractivity (Wildman–Crippen MR) is 234 cm³/mol. The number of amides is 7. The molecule has 0 aliphatic carbocycles. The fourth-order valence-corrected chi connectivity index (χ4v) is 9.64. The predicted octanol–water partition coefficient (Wildman–Crippen LogP) is -0.720. The molecule has 2 aliphatic heterocycles. The molecule has 2 aliphatic rings. The number of imidazole rings is 1. The molecule has 0 saturated carbocycles. The molecule has 5 unspecified atom stereocenters. The van der Waals surface area contributed by atoms with Gasteiger partial charge in [-0.05, 0) is 38.3 Å². The van der Waals surface area contributed by atoms with Crippen LogP contribution < -0.4 is 36.9 Å². The number of benzene rings is 1. The van der Waals surface area contributed by atoms with E-state index in [-0.39, 0.29) is 43.9 Å².